The molecule has 1 aromatic carbocycles. The molecule has 1 aliphatic rings. The number of carbonyl (C=O) groups is 4. The van der Waals surface area contributed by atoms with Gasteiger partial charge in [0.2, 0.25) is 11.8 Å². The molecule has 0 aliphatic carbocycles. The fourth-order valence-corrected chi connectivity index (χ4v) is 5.43. The lowest BCUT2D eigenvalue weighted by Crippen LogP contribution is -2.49. The van der Waals surface area contributed by atoms with Crippen molar-refractivity contribution in [1.82, 2.24) is 31.2 Å². The Hall–Kier alpha value is -4.12. The minimum atomic E-state index is -0.800. The second-order valence-electron chi connectivity index (χ2n) is 10.1. The van der Waals surface area contributed by atoms with E-state index < -0.39 is 29.9 Å². The van der Waals surface area contributed by atoms with Crippen LogP contribution in [-0.4, -0.2) is 52.2 Å². The molecule has 2 bridgehead atoms. The number of nitrogens with one attached hydrogen (secondary N) is 4. The van der Waals surface area contributed by atoms with Crippen LogP contribution < -0.4 is 21.3 Å². The quantitative estimate of drug-likeness (QED) is 0.377. The van der Waals surface area contributed by atoms with E-state index in [0.29, 0.717) is 42.8 Å². The first-order valence-electron chi connectivity index (χ1n) is 13.4. The zero-order chi connectivity index (χ0) is 28.5. The molecule has 4 N–H and O–H groups in total. The van der Waals surface area contributed by atoms with Crippen LogP contribution in [0.25, 0.3) is 0 Å². The third-order valence-corrected chi connectivity index (χ3v) is 7.58. The van der Waals surface area contributed by atoms with Gasteiger partial charge in [0, 0.05) is 30.7 Å². The van der Waals surface area contributed by atoms with Gasteiger partial charge in [-0.3, -0.25) is 24.2 Å². The summed E-state index contributed by atoms with van der Waals surface area (Å²) in [5.41, 5.74) is 1.46. The van der Waals surface area contributed by atoms with Crippen LogP contribution in [0.2, 0.25) is 0 Å². The Bertz CT molecular complexity index is 1310. The predicted molar refractivity (Wildman–Crippen MR) is 152 cm³/mol. The summed E-state index contributed by atoms with van der Waals surface area (Å²) in [6.07, 6.45) is 4.91. The Balaban J connectivity index is 1.58. The molecule has 3 heterocycles. The second-order valence-corrected chi connectivity index (χ2v) is 11.0. The average molecular weight is 563 g/mol. The van der Waals surface area contributed by atoms with E-state index in [1.54, 1.807) is 23.7 Å². The zero-order valence-corrected chi connectivity index (χ0v) is 23.4. The van der Waals surface area contributed by atoms with E-state index in [0.717, 1.165) is 5.56 Å². The van der Waals surface area contributed by atoms with Crippen LogP contribution in [0.5, 0.6) is 0 Å². The number of amides is 4. The monoisotopic (exact) mass is 562 g/mol. The summed E-state index contributed by atoms with van der Waals surface area (Å²) >= 11 is 1.27. The first-order chi connectivity index (χ1) is 19.3. The Labute approximate surface area is 237 Å². The number of nitrogens with zero attached hydrogens (tertiary/aromatic N) is 2. The number of thiazole rings is 1. The zero-order valence-electron chi connectivity index (χ0n) is 22.6. The molecule has 11 heteroatoms. The maximum absolute atomic E-state index is 13.4. The summed E-state index contributed by atoms with van der Waals surface area (Å²) in [6, 6.07) is 10.8. The van der Waals surface area contributed by atoms with Gasteiger partial charge in [-0.15, -0.1) is 11.3 Å². The molecule has 0 fully saturated rings. The van der Waals surface area contributed by atoms with Crippen molar-refractivity contribution in [3.05, 3.63) is 82.1 Å². The fraction of sp³-hybridized carbons (Fsp3) is 0.379. The SMILES string of the molecule is CC(C)[C@H]1NC(=O)[C@@H](NC(=O)c2cccnc2)CCCCNC(=O)[C@@H](Cc2ccccc2)NC(=O)c2csc1n2. The van der Waals surface area contributed by atoms with Crippen LogP contribution in [0.1, 0.15) is 70.6 Å². The highest BCUT2D eigenvalue weighted by Gasteiger charge is 2.29. The van der Waals surface area contributed by atoms with E-state index in [1.807, 2.05) is 44.2 Å². The van der Waals surface area contributed by atoms with E-state index in [2.05, 4.69) is 31.2 Å². The van der Waals surface area contributed by atoms with Gasteiger partial charge < -0.3 is 21.3 Å². The molecule has 4 amide bonds. The van der Waals surface area contributed by atoms with Crippen LogP contribution in [0.4, 0.5) is 0 Å². The molecule has 210 valence electrons. The Kier molecular flexibility index (Phi) is 9.96. The molecule has 10 nitrogen and oxygen atoms in total. The minimum Gasteiger partial charge on any atom is -0.354 e. The third kappa shape index (κ3) is 7.72. The molecule has 3 aromatic rings. The van der Waals surface area contributed by atoms with Gasteiger partial charge in [-0.05, 0) is 42.9 Å². The number of hydrogen-bond acceptors (Lipinski definition) is 7. The molecular weight excluding hydrogens is 528 g/mol. The highest BCUT2D eigenvalue weighted by atomic mass is 32.1. The van der Waals surface area contributed by atoms with Crippen molar-refractivity contribution in [3.8, 4) is 0 Å². The van der Waals surface area contributed by atoms with Crippen molar-refractivity contribution in [2.45, 2.75) is 57.7 Å². The van der Waals surface area contributed by atoms with Crippen molar-refractivity contribution in [2.24, 2.45) is 5.92 Å². The van der Waals surface area contributed by atoms with Gasteiger partial charge in [0.15, 0.2) is 0 Å². The highest BCUT2D eigenvalue weighted by molar-refractivity contribution is 7.09. The lowest BCUT2D eigenvalue weighted by atomic mass is 10.0. The first-order valence-corrected chi connectivity index (χ1v) is 14.3. The van der Waals surface area contributed by atoms with E-state index in [-0.39, 0.29) is 23.4 Å². The molecule has 3 atom stereocenters. The fourth-order valence-electron chi connectivity index (χ4n) is 4.41. The smallest absolute Gasteiger partial charge is 0.271 e. The topological polar surface area (TPSA) is 142 Å². The van der Waals surface area contributed by atoms with Crippen molar-refractivity contribution >= 4 is 35.0 Å². The number of fused-ring (bicyclic) bond motifs is 2. The lowest BCUT2D eigenvalue weighted by Gasteiger charge is -2.25. The summed E-state index contributed by atoms with van der Waals surface area (Å²) in [4.78, 5) is 61.0. The summed E-state index contributed by atoms with van der Waals surface area (Å²) in [5, 5.41) is 13.8. The van der Waals surface area contributed by atoms with Gasteiger partial charge in [0.25, 0.3) is 11.8 Å². The molecule has 2 aromatic heterocycles. The standard InChI is InChI=1S/C29H34N6O4S/c1-18(2)24-29-34-23(17-40-29)28(39)33-22(15-19-9-4-3-5-10-19)26(37)31-14-7-6-12-21(27(38)35-24)32-25(36)20-11-8-13-30-16-20/h3-5,8-11,13,16-18,21-22,24H,6-7,12,14-15H2,1-2H3,(H,31,37)(H,32,36)(H,33,39)(H,35,38)/t21-,22+,24+/m0/s1. The molecule has 0 unspecified atom stereocenters. The molecule has 1 aliphatic heterocycles. The van der Waals surface area contributed by atoms with Crippen molar-refractivity contribution in [1.29, 1.82) is 0 Å². The van der Waals surface area contributed by atoms with Crippen molar-refractivity contribution < 1.29 is 19.2 Å². The normalized spacial score (nSPS) is 20.8. The first kappa shape index (κ1) is 28.9. The maximum Gasteiger partial charge on any atom is 0.271 e. The molecule has 0 saturated carbocycles. The number of benzene rings is 1. The van der Waals surface area contributed by atoms with Gasteiger partial charge in [-0.2, -0.15) is 0 Å². The Morgan fingerprint density at radius 3 is 2.58 bits per heavy atom. The van der Waals surface area contributed by atoms with Crippen LogP contribution in [0.3, 0.4) is 0 Å². The summed E-state index contributed by atoms with van der Waals surface area (Å²) in [7, 11) is 0. The van der Waals surface area contributed by atoms with Gasteiger partial charge in [0.1, 0.15) is 22.8 Å². The van der Waals surface area contributed by atoms with E-state index >= 15 is 0 Å². The molecule has 40 heavy (non-hydrogen) atoms. The van der Waals surface area contributed by atoms with Gasteiger partial charge >= 0.3 is 0 Å². The number of hydrogen-bond donors (Lipinski definition) is 4. The molecule has 0 radical (unpaired) electrons. The number of aromatic nitrogens is 2. The van der Waals surface area contributed by atoms with Gasteiger partial charge in [-0.1, -0.05) is 44.2 Å². The maximum atomic E-state index is 13.4. The minimum absolute atomic E-state index is 0.0313. The molecule has 0 saturated heterocycles. The van der Waals surface area contributed by atoms with Crippen molar-refractivity contribution in [3.63, 3.8) is 0 Å². The summed E-state index contributed by atoms with van der Waals surface area (Å²) < 4.78 is 0. The van der Waals surface area contributed by atoms with Crippen LogP contribution in [0.15, 0.2) is 60.2 Å². The Morgan fingerprint density at radius 2 is 1.85 bits per heavy atom. The predicted octanol–water partition coefficient (Wildman–Crippen LogP) is 2.79. The Morgan fingerprint density at radius 1 is 1.05 bits per heavy atom. The number of pyridine rings is 1. The average Bonchev–Trinajstić information content (AvgIpc) is 3.45. The summed E-state index contributed by atoms with van der Waals surface area (Å²) in [6.45, 7) is 4.27. The van der Waals surface area contributed by atoms with Crippen LogP contribution in [-0.2, 0) is 16.0 Å². The molecule has 4 rings (SSSR count). The largest absolute Gasteiger partial charge is 0.354 e. The highest BCUT2D eigenvalue weighted by Crippen LogP contribution is 2.26. The van der Waals surface area contributed by atoms with E-state index in [4.69, 9.17) is 0 Å². The summed E-state index contributed by atoms with van der Waals surface area (Å²) in [5.74, 6) is -1.51. The van der Waals surface area contributed by atoms with Crippen LogP contribution in [0, 0.1) is 5.92 Å². The van der Waals surface area contributed by atoms with Gasteiger partial charge in [-0.25, -0.2) is 4.98 Å². The van der Waals surface area contributed by atoms with Crippen LogP contribution >= 0.6 is 11.3 Å². The van der Waals surface area contributed by atoms with E-state index in [1.165, 1.54) is 17.5 Å². The van der Waals surface area contributed by atoms with E-state index in [9.17, 15) is 19.2 Å². The number of carbonyl (C=O) groups excluding carboxylic acids is 4. The lowest BCUT2D eigenvalue weighted by molar-refractivity contribution is -0.124. The third-order valence-electron chi connectivity index (χ3n) is 6.65. The molecular formula is C29H34N6O4S. The van der Waals surface area contributed by atoms with Gasteiger partial charge in [0.05, 0.1) is 11.6 Å². The second kappa shape index (κ2) is 13.8. The van der Waals surface area contributed by atoms with Crippen molar-refractivity contribution in [2.75, 3.05) is 6.54 Å². The number of rotatable bonds is 5. The molecule has 0 spiro atoms.